The molecule has 5 nitrogen and oxygen atoms in total. The quantitative estimate of drug-likeness (QED) is 0.387. The van der Waals surface area contributed by atoms with E-state index in [4.69, 9.17) is 17.0 Å². The van der Waals surface area contributed by atoms with Crippen LogP contribution in [0, 0.1) is 5.92 Å². The van der Waals surface area contributed by atoms with E-state index in [0.717, 1.165) is 34.2 Å². The van der Waals surface area contributed by atoms with Crippen LogP contribution in [0.1, 0.15) is 39.7 Å². The van der Waals surface area contributed by atoms with Crippen molar-refractivity contribution in [3.63, 3.8) is 0 Å². The van der Waals surface area contributed by atoms with Crippen molar-refractivity contribution >= 4 is 46.3 Å². The lowest BCUT2D eigenvalue weighted by Crippen LogP contribution is -2.47. The number of aliphatic carboxylic acids is 1. The summed E-state index contributed by atoms with van der Waals surface area (Å²) in [6.45, 7) is 7.71. The van der Waals surface area contributed by atoms with Crippen molar-refractivity contribution in [3.05, 3.63) is 59.0 Å². The van der Waals surface area contributed by atoms with Crippen LogP contribution in [0.3, 0.4) is 0 Å². The molecule has 0 aromatic heterocycles. The number of carbonyl (C=O) groups is 2. The summed E-state index contributed by atoms with van der Waals surface area (Å²) in [5, 5.41) is 9.66. The van der Waals surface area contributed by atoms with Crippen molar-refractivity contribution in [1.82, 2.24) is 4.90 Å². The van der Waals surface area contributed by atoms with E-state index in [0.29, 0.717) is 11.3 Å². The molecule has 1 aliphatic heterocycles. The summed E-state index contributed by atoms with van der Waals surface area (Å²) in [5.41, 5.74) is 2.97. The first kappa shape index (κ1) is 24.0. The zero-order valence-electron chi connectivity index (χ0n) is 18.6. The van der Waals surface area contributed by atoms with E-state index in [-0.39, 0.29) is 22.2 Å². The fourth-order valence-electron chi connectivity index (χ4n) is 3.47. The molecule has 1 heterocycles. The Bertz CT molecular complexity index is 1030. The van der Waals surface area contributed by atoms with Gasteiger partial charge in [-0.05, 0) is 54.7 Å². The molecular formula is C25H27NO4S2. The van der Waals surface area contributed by atoms with Gasteiger partial charge in [-0.3, -0.25) is 9.69 Å². The molecule has 2 atom stereocenters. The second-order valence-corrected chi connectivity index (χ2v) is 9.71. The van der Waals surface area contributed by atoms with Crippen molar-refractivity contribution in [3.8, 4) is 16.9 Å². The van der Waals surface area contributed by atoms with Gasteiger partial charge in [0.05, 0.1) is 11.0 Å². The predicted molar refractivity (Wildman–Crippen MR) is 134 cm³/mol. The van der Waals surface area contributed by atoms with Gasteiger partial charge in [0.15, 0.2) is 0 Å². The van der Waals surface area contributed by atoms with Crippen molar-refractivity contribution in [2.45, 2.75) is 46.3 Å². The monoisotopic (exact) mass is 469 g/mol. The molecule has 32 heavy (non-hydrogen) atoms. The third-order valence-corrected chi connectivity index (χ3v) is 6.64. The molecule has 0 unspecified atom stereocenters. The molecule has 0 saturated carbocycles. The Hall–Kier alpha value is -2.64. The minimum atomic E-state index is -1.04. The number of carbonyl (C=O) groups excluding carboxylic acids is 1. The number of hydrogen-bond donors (Lipinski definition) is 1. The van der Waals surface area contributed by atoms with Crippen LogP contribution >= 0.6 is 24.0 Å². The van der Waals surface area contributed by atoms with E-state index >= 15 is 0 Å². The van der Waals surface area contributed by atoms with E-state index in [9.17, 15) is 14.7 Å². The molecule has 0 radical (unpaired) electrons. The standard InChI is InChI=1S/C25H27NO4S2/c1-5-16(4)22(24(28)29)26-23(27)21(32-25(26)31)14-17-6-8-18(9-7-17)19-10-12-20(13-11-19)30-15(2)3/h6-16,22H,5H2,1-4H3,(H,28,29)/b21-14-/t16-,22+/m1/s1. The summed E-state index contributed by atoms with van der Waals surface area (Å²) in [6.07, 6.45) is 2.53. The molecule has 168 valence electrons. The van der Waals surface area contributed by atoms with Gasteiger partial charge in [0, 0.05) is 0 Å². The van der Waals surface area contributed by atoms with Gasteiger partial charge in [0.25, 0.3) is 5.91 Å². The maximum Gasteiger partial charge on any atom is 0.327 e. The van der Waals surface area contributed by atoms with Crippen LogP contribution < -0.4 is 4.74 Å². The summed E-state index contributed by atoms with van der Waals surface area (Å²) in [7, 11) is 0. The number of thiocarbonyl (C=S) groups is 1. The minimum Gasteiger partial charge on any atom is -0.491 e. The molecule has 0 aliphatic carbocycles. The average Bonchev–Trinajstić information content (AvgIpc) is 3.02. The van der Waals surface area contributed by atoms with E-state index in [1.165, 1.54) is 4.90 Å². The largest absolute Gasteiger partial charge is 0.491 e. The van der Waals surface area contributed by atoms with Gasteiger partial charge < -0.3 is 9.84 Å². The van der Waals surface area contributed by atoms with Crippen LogP contribution in [-0.2, 0) is 9.59 Å². The highest BCUT2D eigenvalue weighted by molar-refractivity contribution is 8.26. The average molecular weight is 470 g/mol. The number of carboxylic acid groups (broad SMARTS) is 1. The lowest BCUT2D eigenvalue weighted by molar-refractivity contribution is -0.147. The molecule has 1 fully saturated rings. The first-order valence-electron chi connectivity index (χ1n) is 10.6. The van der Waals surface area contributed by atoms with E-state index in [2.05, 4.69) is 0 Å². The smallest absolute Gasteiger partial charge is 0.327 e. The minimum absolute atomic E-state index is 0.129. The molecule has 1 saturated heterocycles. The third kappa shape index (κ3) is 5.40. The van der Waals surface area contributed by atoms with Crippen LogP contribution in [0.4, 0.5) is 0 Å². The Balaban J connectivity index is 1.78. The van der Waals surface area contributed by atoms with Crippen LogP contribution in [0.2, 0.25) is 0 Å². The van der Waals surface area contributed by atoms with Gasteiger partial charge in [0.2, 0.25) is 0 Å². The predicted octanol–water partition coefficient (Wildman–Crippen LogP) is 5.84. The lowest BCUT2D eigenvalue weighted by atomic mass is 9.98. The van der Waals surface area contributed by atoms with Crippen LogP contribution in [0.5, 0.6) is 5.75 Å². The molecule has 1 N–H and O–H groups in total. The van der Waals surface area contributed by atoms with Crippen molar-refractivity contribution in [2.75, 3.05) is 0 Å². The van der Waals surface area contributed by atoms with Crippen LogP contribution in [0.25, 0.3) is 17.2 Å². The van der Waals surface area contributed by atoms with Crippen LogP contribution in [0.15, 0.2) is 53.4 Å². The second kappa shape index (κ2) is 10.3. The summed E-state index contributed by atoms with van der Waals surface area (Å²) < 4.78 is 5.97. The van der Waals surface area contributed by atoms with Gasteiger partial charge in [0.1, 0.15) is 16.1 Å². The Morgan fingerprint density at radius 2 is 1.66 bits per heavy atom. The summed E-state index contributed by atoms with van der Waals surface area (Å²) in [5.74, 6) is -0.756. The summed E-state index contributed by atoms with van der Waals surface area (Å²) in [6, 6.07) is 14.8. The molecule has 0 bridgehead atoms. The number of benzene rings is 2. The van der Waals surface area contributed by atoms with Crippen molar-refractivity contribution < 1.29 is 19.4 Å². The van der Waals surface area contributed by atoms with Crippen molar-refractivity contribution in [1.29, 1.82) is 0 Å². The number of rotatable bonds is 8. The summed E-state index contributed by atoms with van der Waals surface area (Å²) in [4.78, 5) is 26.4. The topological polar surface area (TPSA) is 66.8 Å². The molecule has 1 aliphatic rings. The zero-order valence-corrected chi connectivity index (χ0v) is 20.2. The lowest BCUT2D eigenvalue weighted by Gasteiger charge is -2.27. The Labute approximate surface area is 198 Å². The highest BCUT2D eigenvalue weighted by atomic mass is 32.2. The first-order chi connectivity index (χ1) is 15.2. The summed E-state index contributed by atoms with van der Waals surface area (Å²) >= 11 is 6.50. The molecule has 2 aromatic rings. The van der Waals surface area contributed by atoms with Crippen LogP contribution in [-0.4, -0.2) is 38.3 Å². The van der Waals surface area contributed by atoms with E-state index in [1.54, 1.807) is 6.08 Å². The Morgan fingerprint density at radius 1 is 1.09 bits per heavy atom. The van der Waals surface area contributed by atoms with E-state index in [1.807, 2.05) is 76.2 Å². The molecule has 2 aromatic carbocycles. The highest BCUT2D eigenvalue weighted by Gasteiger charge is 2.42. The molecule has 0 spiro atoms. The number of thioether (sulfide) groups is 1. The number of carboxylic acids is 1. The van der Waals surface area contributed by atoms with Gasteiger partial charge in [-0.25, -0.2) is 4.79 Å². The maximum absolute atomic E-state index is 13.0. The molecule has 1 amide bonds. The number of nitrogens with zero attached hydrogens (tertiary/aromatic N) is 1. The first-order valence-corrected chi connectivity index (χ1v) is 11.8. The fourth-order valence-corrected chi connectivity index (χ4v) is 4.80. The third-order valence-electron chi connectivity index (χ3n) is 5.31. The highest BCUT2D eigenvalue weighted by Crippen LogP contribution is 2.36. The molecular weight excluding hydrogens is 442 g/mol. The zero-order chi connectivity index (χ0) is 23.4. The van der Waals surface area contributed by atoms with Gasteiger partial charge in [-0.2, -0.15) is 0 Å². The number of ether oxygens (including phenoxy) is 1. The Morgan fingerprint density at radius 3 is 2.16 bits per heavy atom. The normalized spacial score (nSPS) is 17.2. The van der Waals surface area contributed by atoms with E-state index < -0.39 is 12.0 Å². The fraction of sp³-hybridized carbons (Fsp3) is 0.320. The van der Waals surface area contributed by atoms with Gasteiger partial charge >= 0.3 is 5.97 Å². The van der Waals surface area contributed by atoms with Gasteiger partial charge in [-0.15, -0.1) is 0 Å². The molecule has 3 rings (SSSR count). The maximum atomic E-state index is 13.0. The number of amides is 1. The Kier molecular flexibility index (Phi) is 7.74. The second-order valence-electron chi connectivity index (χ2n) is 8.03. The van der Waals surface area contributed by atoms with Gasteiger partial charge in [-0.1, -0.05) is 80.6 Å². The van der Waals surface area contributed by atoms with Crippen molar-refractivity contribution in [2.24, 2.45) is 5.92 Å². The SMILES string of the molecule is CC[C@@H](C)[C@@H](C(=O)O)N1C(=O)/C(=C/c2ccc(-c3ccc(OC(C)C)cc3)cc2)SC1=S. The molecule has 7 heteroatoms. The number of hydrogen-bond acceptors (Lipinski definition) is 5.